The van der Waals surface area contributed by atoms with Crippen molar-refractivity contribution in [3.63, 3.8) is 0 Å². The Bertz CT molecular complexity index is 1160. The monoisotopic (exact) mass is 335 g/mol. The molecule has 0 bridgehead atoms. The van der Waals surface area contributed by atoms with E-state index in [0.29, 0.717) is 29.1 Å². The van der Waals surface area contributed by atoms with Crippen molar-refractivity contribution in [1.29, 1.82) is 0 Å². The second kappa shape index (κ2) is 5.78. The Morgan fingerprint density at radius 2 is 2.04 bits per heavy atom. The molecule has 0 fully saturated rings. The predicted molar refractivity (Wildman–Crippen MR) is 94.1 cm³/mol. The molecule has 7 heteroatoms. The summed E-state index contributed by atoms with van der Waals surface area (Å²) in [7, 11) is 1.58. The normalized spacial score (nSPS) is 11.5. The van der Waals surface area contributed by atoms with Crippen molar-refractivity contribution in [1.82, 2.24) is 24.1 Å². The lowest BCUT2D eigenvalue weighted by atomic mass is 10.1. The molecule has 0 saturated carbocycles. The van der Waals surface area contributed by atoms with Crippen LogP contribution in [-0.4, -0.2) is 31.3 Å². The number of benzene rings is 1. The molecule has 3 heterocycles. The minimum absolute atomic E-state index is 0.135. The van der Waals surface area contributed by atoms with E-state index < -0.39 is 0 Å². The first-order valence-corrected chi connectivity index (χ1v) is 7.91. The van der Waals surface area contributed by atoms with Crippen LogP contribution in [0, 0.1) is 13.8 Å². The molecule has 0 aliphatic rings. The fourth-order valence-electron chi connectivity index (χ4n) is 2.92. The predicted octanol–water partition coefficient (Wildman–Crippen LogP) is 2.19. The third kappa shape index (κ3) is 2.49. The van der Waals surface area contributed by atoms with Crippen LogP contribution < -0.4 is 5.56 Å². The van der Waals surface area contributed by atoms with Gasteiger partial charge in [-0.25, -0.2) is 4.98 Å². The first kappa shape index (κ1) is 15.5. The summed E-state index contributed by atoms with van der Waals surface area (Å²) < 4.78 is 8.29. The van der Waals surface area contributed by atoms with Crippen molar-refractivity contribution >= 4 is 16.7 Å². The smallest absolute Gasteiger partial charge is 0.266 e. The highest BCUT2D eigenvalue weighted by Gasteiger charge is 2.12. The fraction of sp³-hybridized carbons (Fsp3) is 0.222. The molecule has 126 valence electrons. The Morgan fingerprint density at radius 3 is 2.84 bits per heavy atom. The molecule has 3 aromatic heterocycles. The van der Waals surface area contributed by atoms with Gasteiger partial charge in [0.05, 0.1) is 16.6 Å². The van der Waals surface area contributed by atoms with E-state index in [1.54, 1.807) is 28.6 Å². The number of pyridine rings is 1. The summed E-state index contributed by atoms with van der Waals surface area (Å²) in [5, 5.41) is 4.87. The third-order valence-corrected chi connectivity index (χ3v) is 4.18. The van der Waals surface area contributed by atoms with Crippen molar-refractivity contribution in [2.24, 2.45) is 0 Å². The van der Waals surface area contributed by atoms with E-state index in [0.717, 1.165) is 16.8 Å². The largest absolute Gasteiger partial charge is 0.377 e. The molecular weight excluding hydrogens is 318 g/mol. The van der Waals surface area contributed by atoms with Crippen LogP contribution in [0.5, 0.6) is 0 Å². The third-order valence-electron chi connectivity index (χ3n) is 4.18. The molecule has 0 spiro atoms. The van der Waals surface area contributed by atoms with Crippen LogP contribution >= 0.6 is 0 Å². The minimum atomic E-state index is -0.135. The number of nitrogens with zero attached hydrogens (tertiary/aromatic N) is 5. The highest BCUT2D eigenvalue weighted by molar-refractivity contribution is 5.79. The van der Waals surface area contributed by atoms with E-state index in [4.69, 9.17) is 4.74 Å². The topological polar surface area (TPSA) is 74.3 Å². The van der Waals surface area contributed by atoms with Gasteiger partial charge in [-0.3, -0.25) is 9.36 Å². The lowest BCUT2D eigenvalue weighted by Gasteiger charge is -2.11. The van der Waals surface area contributed by atoms with Gasteiger partial charge in [0.15, 0.2) is 5.82 Å². The molecule has 0 radical (unpaired) electrons. The van der Waals surface area contributed by atoms with Crippen LogP contribution in [0.25, 0.3) is 22.4 Å². The maximum absolute atomic E-state index is 13.0. The summed E-state index contributed by atoms with van der Waals surface area (Å²) in [4.78, 5) is 21.6. The summed E-state index contributed by atoms with van der Waals surface area (Å²) in [6.45, 7) is 4.29. The van der Waals surface area contributed by atoms with Crippen LogP contribution in [0.3, 0.4) is 0 Å². The second-order valence-electron chi connectivity index (χ2n) is 6.01. The number of rotatable bonds is 3. The van der Waals surface area contributed by atoms with Gasteiger partial charge in [-0.05, 0) is 37.1 Å². The molecule has 25 heavy (non-hydrogen) atoms. The number of ether oxygens (including phenoxy) is 1. The lowest BCUT2D eigenvalue weighted by Crippen LogP contribution is -2.19. The Balaban J connectivity index is 1.98. The van der Waals surface area contributed by atoms with E-state index in [1.165, 1.54) is 0 Å². The molecule has 7 nitrogen and oxygen atoms in total. The van der Waals surface area contributed by atoms with E-state index in [1.807, 2.05) is 38.1 Å². The Morgan fingerprint density at radius 1 is 1.20 bits per heavy atom. The van der Waals surface area contributed by atoms with Gasteiger partial charge < -0.3 is 4.74 Å². The Labute approximate surface area is 143 Å². The van der Waals surface area contributed by atoms with Gasteiger partial charge >= 0.3 is 0 Å². The van der Waals surface area contributed by atoms with Crippen LogP contribution in [-0.2, 0) is 11.3 Å². The first-order valence-electron chi connectivity index (χ1n) is 7.91. The Kier molecular flexibility index (Phi) is 3.58. The molecule has 4 aromatic rings. The quantitative estimate of drug-likeness (QED) is 0.574. The van der Waals surface area contributed by atoms with Gasteiger partial charge in [-0.2, -0.15) is 9.50 Å². The molecule has 0 amide bonds. The van der Waals surface area contributed by atoms with Gasteiger partial charge in [0.25, 0.3) is 11.3 Å². The van der Waals surface area contributed by atoms with Crippen molar-refractivity contribution in [3.8, 4) is 5.69 Å². The highest BCUT2D eigenvalue weighted by Crippen LogP contribution is 2.17. The number of fused-ring (bicyclic) bond motifs is 3. The zero-order valence-electron chi connectivity index (χ0n) is 14.2. The van der Waals surface area contributed by atoms with Crippen LogP contribution in [0.2, 0.25) is 0 Å². The fourth-order valence-corrected chi connectivity index (χ4v) is 2.92. The highest BCUT2D eigenvalue weighted by atomic mass is 16.5. The average Bonchev–Trinajstić information content (AvgIpc) is 3.01. The second-order valence-corrected chi connectivity index (χ2v) is 6.01. The van der Waals surface area contributed by atoms with E-state index in [9.17, 15) is 4.79 Å². The van der Waals surface area contributed by atoms with Gasteiger partial charge in [-0.15, -0.1) is 5.10 Å². The molecule has 0 atom stereocenters. The zero-order valence-corrected chi connectivity index (χ0v) is 14.2. The van der Waals surface area contributed by atoms with Crippen molar-refractivity contribution in [2.75, 3.05) is 7.11 Å². The summed E-state index contributed by atoms with van der Waals surface area (Å²) >= 11 is 0. The first-order chi connectivity index (χ1) is 12.1. The van der Waals surface area contributed by atoms with Crippen molar-refractivity contribution in [2.45, 2.75) is 20.5 Å². The maximum atomic E-state index is 13.0. The van der Waals surface area contributed by atoms with Crippen LogP contribution in [0.15, 0.2) is 41.5 Å². The summed E-state index contributed by atoms with van der Waals surface area (Å²) in [5.74, 6) is 0.977. The summed E-state index contributed by atoms with van der Waals surface area (Å²) in [6.07, 6.45) is 3.32. The van der Waals surface area contributed by atoms with Gasteiger partial charge in [0.2, 0.25) is 0 Å². The molecule has 0 aliphatic carbocycles. The van der Waals surface area contributed by atoms with Crippen LogP contribution in [0.1, 0.15) is 17.0 Å². The molecule has 0 aliphatic heterocycles. The summed E-state index contributed by atoms with van der Waals surface area (Å²) in [5.41, 5.74) is 3.53. The maximum Gasteiger partial charge on any atom is 0.266 e. The summed E-state index contributed by atoms with van der Waals surface area (Å²) in [6, 6.07) is 7.90. The van der Waals surface area contributed by atoms with Crippen LogP contribution in [0.4, 0.5) is 0 Å². The number of methoxy groups -OCH3 is 1. The Hall–Kier alpha value is -3.06. The number of hydrogen-bond donors (Lipinski definition) is 0. The number of aryl methyl sites for hydroxylation is 2. The zero-order chi connectivity index (χ0) is 17.6. The minimum Gasteiger partial charge on any atom is -0.377 e. The van der Waals surface area contributed by atoms with Gasteiger partial charge in [0.1, 0.15) is 6.61 Å². The number of hydrogen-bond acceptors (Lipinski definition) is 5. The standard InChI is InChI=1S/C18H17N5O2/c1-11-4-5-12(2)15(8-11)22-7-6-14-13(17(22)24)9-19-18-20-16(10-25-3)21-23(14)18/h4-9H,10H2,1-3H3. The lowest BCUT2D eigenvalue weighted by molar-refractivity contribution is 0.178. The van der Waals surface area contributed by atoms with E-state index in [-0.39, 0.29) is 5.56 Å². The molecule has 0 N–H and O–H groups in total. The van der Waals surface area contributed by atoms with Crippen molar-refractivity contribution < 1.29 is 4.74 Å². The van der Waals surface area contributed by atoms with E-state index >= 15 is 0 Å². The molecule has 4 rings (SSSR count). The van der Waals surface area contributed by atoms with Gasteiger partial charge in [0, 0.05) is 19.5 Å². The van der Waals surface area contributed by atoms with E-state index in [2.05, 4.69) is 15.1 Å². The molecular formula is C18H17N5O2. The van der Waals surface area contributed by atoms with Crippen molar-refractivity contribution in [3.05, 3.63) is 64.0 Å². The molecule has 0 saturated heterocycles. The molecule has 0 unspecified atom stereocenters. The SMILES string of the molecule is COCc1nc2ncc3c(=O)n(-c4cc(C)ccc4C)ccc3n2n1. The molecule has 1 aromatic carbocycles. The van der Waals surface area contributed by atoms with Gasteiger partial charge in [-0.1, -0.05) is 12.1 Å². The average molecular weight is 335 g/mol. The number of aromatic nitrogens is 5.